The van der Waals surface area contributed by atoms with Crippen molar-refractivity contribution >= 4 is 10.9 Å². The maximum Gasteiger partial charge on any atom is 0.261 e. The van der Waals surface area contributed by atoms with Gasteiger partial charge in [0.2, 0.25) is 0 Å². The Morgan fingerprint density at radius 1 is 1.35 bits per heavy atom. The van der Waals surface area contributed by atoms with Crippen molar-refractivity contribution in [1.82, 2.24) is 14.5 Å². The van der Waals surface area contributed by atoms with Crippen molar-refractivity contribution in [3.63, 3.8) is 0 Å². The van der Waals surface area contributed by atoms with E-state index in [-0.39, 0.29) is 11.4 Å². The number of hydrogen-bond acceptors (Lipinski definition) is 3. The maximum absolute atomic E-state index is 13.2. The first kappa shape index (κ1) is 16.1. The van der Waals surface area contributed by atoms with Crippen LogP contribution in [0.1, 0.15) is 39.5 Å². The number of halogens is 1. The van der Waals surface area contributed by atoms with Crippen LogP contribution in [0.2, 0.25) is 0 Å². The number of aromatic nitrogens is 2. The van der Waals surface area contributed by atoms with E-state index in [4.69, 9.17) is 0 Å². The smallest absolute Gasteiger partial charge is 0.261 e. The standard InChI is InChI=1S/C18H24FN3O/c1-13(2)22-9-4-3-5-15(22)8-10-21-12-20-17-11-14(19)6-7-16(17)18(21)23/h6-7,11-13,15H,3-5,8-10H2,1-2H3. The second kappa shape index (κ2) is 6.79. The lowest BCUT2D eigenvalue weighted by Crippen LogP contribution is -2.44. The molecule has 1 unspecified atom stereocenters. The van der Waals surface area contributed by atoms with Crippen molar-refractivity contribution in [3.8, 4) is 0 Å². The van der Waals surface area contributed by atoms with Crippen LogP contribution in [0.4, 0.5) is 4.39 Å². The van der Waals surface area contributed by atoms with Gasteiger partial charge in [-0.1, -0.05) is 6.42 Å². The Balaban J connectivity index is 1.78. The molecule has 0 N–H and O–H groups in total. The van der Waals surface area contributed by atoms with E-state index in [0.29, 0.717) is 29.5 Å². The number of hydrogen-bond donors (Lipinski definition) is 0. The fourth-order valence-corrected chi connectivity index (χ4v) is 3.59. The van der Waals surface area contributed by atoms with E-state index in [9.17, 15) is 9.18 Å². The number of fused-ring (bicyclic) bond motifs is 1. The summed E-state index contributed by atoms with van der Waals surface area (Å²) in [4.78, 5) is 19.3. The first-order valence-electron chi connectivity index (χ1n) is 8.46. The first-order chi connectivity index (χ1) is 11.1. The summed E-state index contributed by atoms with van der Waals surface area (Å²) in [6, 6.07) is 5.21. The highest BCUT2D eigenvalue weighted by Crippen LogP contribution is 2.22. The van der Waals surface area contributed by atoms with Crippen molar-refractivity contribution in [2.75, 3.05) is 6.54 Å². The molecule has 23 heavy (non-hydrogen) atoms. The molecule has 1 aliphatic rings. The predicted molar refractivity (Wildman–Crippen MR) is 90.1 cm³/mol. The normalized spacial score (nSPS) is 19.6. The summed E-state index contributed by atoms with van der Waals surface area (Å²) in [6.45, 7) is 6.27. The molecule has 0 aliphatic carbocycles. The van der Waals surface area contributed by atoms with E-state index >= 15 is 0 Å². The average Bonchev–Trinajstić information content (AvgIpc) is 2.54. The Hall–Kier alpha value is -1.75. The summed E-state index contributed by atoms with van der Waals surface area (Å²) in [5, 5.41) is 0.484. The minimum atomic E-state index is -0.364. The molecule has 1 atom stereocenters. The van der Waals surface area contributed by atoms with Crippen LogP contribution in [0, 0.1) is 5.82 Å². The molecule has 0 radical (unpaired) electrons. The molecule has 2 heterocycles. The molecule has 4 nitrogen and oxygen atoms in total. The van der Waals surface area contributed by atoms with Gasteiger partial charge in [-0.3, -0.25) is 14.3 Å². The van der Waals surface area contributed by atoms with Crippen molar-refractivity contribution in [3.05, 3.63) is 40.7 Å². The summed E-state index contributed by atoms with van der Waals surface area (Å²) in [6.07, 6.45) is 6.22. The lowest BCUT2D eigenvalue weighted by molar-refractivity contribution is 0.102. The average molecular weight is 317 g/mol. The largest absolute Gasteiger partial charge is 0.299 e. The topological polar surface area (TPSA) is 38.1 Å². The van der Waals surface area contributed by atoms with Gasteiger partial charge in [0.05, 0.1) is 17.2 Å². The van der Waals surface area contributed by atoms with Crippen LogP contribution in [0.15, 0.2) is 29.3 Å². The number of piperidine rings is 1. The lowest BCUT2D eigenvalue weighted by Gasteiger charge is -2.38. The minimum absolute atomic E-state index is 0.0816. The van der Waals surface area contributed by atoms with Gasteiger partial charge < -0.3 is 0 Å². The second-order valence-corrected chi connectivity index (χ2v) is 6.67. The van der Waals surface area contributed by atoms with Gasteiger partial charge in [0, 0.05) is 24.7 Å². The Kier molecular flexibility index (Phi) is 4.76. The highest BCUT2D eigenvalue weighted by atomic mass is 19.1. The fourth-order valence-electron chi connectivity index (χ4n) is 3.59. The third-order valence-corrected chi connectivity index (χ3v) is 4.83. The van der Waals surface area contributed by atoms with Crippen LogP contribution in [-0.4, -0.2) is 33.1 Å². The van der Waals surface area contributed by atoms with Gasteiger partial charge in [0.25, 0.3) is 5.56 Å². The minimum Gasteiger partial charge on any atom is -0.299 e. The third kappa shape index (κ3) is 3.44. The number of rotatable bonds is 4. The van der Waals surface area contributed by atoms with E-state index < -0.39 is 0 Å². The van der Waals surface area contributed by atoms with Crippen LogP contribution in [-0.2, 0) is 6.54 Å². The molecule has 1 aromatic carbocycles. The van der Waals surface area contributed by atoms with Gasteiger partial charge in [-0.05, 0) is 51.8 Å². The zero-order valence-corrected chi connectivity index (χ0v) is 13.8. The van der Waals surface area contributed by atoms with Gasteiger partial charge >= 0.3 is 0 Å². The molecule has 5 heteroatoms. The molecule has 1 aromatic heterocycles. The molecular formula is C18H24FN3O. The molecule has 0 bridgehead atoms. The van der Waals surface area contributed by atoms with E-state index in [0.717, 1.165) is 13.0 Å². The SMILES string of the molecule is CC(C)N1CCCCC1CCn1cnc2cc(F)ccc2c1=O. The Morgan fingerprint density at radius 2 is 2.17 bits per heavy atom. The number of likely N-dealkylation sites (tertiary alicyclic amines) is 1. The van der Waals surface area contributed by atoms with E-state index in [1.807, 2.05) is 0 Å². The van der Waals surface area contributed by atoms with E-state index in [2.05, 4.69) is 23.7 Å². The second-order valence-electron chi connectivity index (χ2n) is 6.67. The third-order valence-electron chi connectivity index (χ3n) is 4.83. The van der Waals surface area contributed by atoms with Crippen LogP contribution < -0.4 is 5.56 Å². The number of aryl methyl sites for hydroxylation is 1. The number of benzene rings is 1. The van der Waals surface area contributed by atoms with E-state index in [1.165, 1.54) is 37.5 Å². The molecule has 2 aromatic rings. The Labute approximate surface area is 135 Å². The first-order valence-corrected chi connectivity index (χ1v) is 8.46. The summed E-state index contributed by atoms with van der Waals surface area (Å²) in [5.41, 5.74) is 0.342. The summed E-state index contributed by atoms with van der Waals surface area (Å²) < 4.78 is 14.9. The van der Waals surface area contributed by atoms with E-state index in [1.54, 1.807) is 10.9 Å². The molecule has 3 rings (SSSR count). The summed E-state index contributed by atoms with van der Waals surface area (Å²) >= 11 is 0. The van der Waals surface area contributed by atoms with Gasteiger partial charge in [0.15, 0.2) is 0 Å². The van der Waals surface area contributed by atoms with Gasteiger partial charge in [-0.25, -0.2) is 9.37 Å². The molecule has 0 spiro atoms. The van der Waals surface area contributed by atoms with Crippen LogP contribution in [0.3, 0.4) is 0 Å². The van der Waals surface area contributed by atoms with Crippen molar-refractivity contribution in [2.45, 2.75) is 58.2 Å². The number of nitrogens with zero attached hydrogens (tertiary/aromatic N) is 3. The molecule has 1 saturated heterocycles. The molecule has 0 amide bonds. The predicted octanol–water partition coefficient (Wildman–Crippen LogP) is 3.19. The maximum atomic E-state index is 13.2. The zero-order valence-electron chi connectivity index (χ0n) is 13.8. The highest BCUT2D eigenvalue weighted by molar-refractivity contribution is 5.77. The quantitative estimate of drug-likeness (QED) is 0.869. The summed E-state index contributed by atoms with van der Waals surface area (Å²) in [7, 11) is 0. The molecule has 0 saturated carbocycles. The molecular weight excluding hydrogens is 293 g/mol. The fraction of sp³-hybridized carbons (Fsp3) is 0.556. The van der Waals surface area contributed by atoms with Crippen molar-refractivity contribution in [2.24, 2.45) is 0 Å². The zero-order chi connectivity index (χ0) is 16.4. The van der Waals surface area contributed by atoms with Gasteiger partial charge in [-0.2, -0.15) is 0 Å². The van der Waals surface area contributed by atoms with Crippen molar-refractivity contribution < 1.29 is 4.39 Å². The Morgan fingerprint density at radius 3 is 2.96 bits per heavy atom. The van der Waals surface area contributed by atoms with Gasteiger partial charge in [-0.15, -0.1) is 0 Å². The van der Waals surface area contributed by atoms with Crippen LogP contribution >= 0.6 is 0 Å². The molecule has 1 aliphatic heterocycles. The highest BCUT2D eigenvalue weighted by Gasteiger charge is 2.24. The van der Waals surface area contributed by atoms with Crippen LogP contribution in [0.25, 0.3) is 10.9 Å². The molecule has 1 fully saturated rings. The molecule has 124 valence electrons. The Bertz CT molecular complexity index is 741. The summed E-state index contributed by atoms with van der Waals surface area (Å²) in [5.74, 6) is -0.364. The monoisotopic (exact) mass is 317 g/mol. The lowest BCUT2D eigenvalue weighted by atomic mass is 9.97. The van der Waals surface area contributed by atoms with Crippen molar-refractivity contribution in [1.29, 1.82) is 0 Å². The van der Waals surface area contributed by atoms with Gasteiger partial charge in [0.1, 0.15) is 5.82 Å². The van der Waals surface area contributed by atoms with Crippen LogP contribution in [0.5, 0.6) is 0 Å².